The van der Waals surface area contributed by atoms with Crippen LogP contribution in [0, 0.1) is 11.8 Å². The van der Waals surface area contributed by atoms with Gasteiger partial charge >= 0.3 is 0 Å². The summed E-state index contributed by atoms with van der Waals surface area (Å²) in [5, 5.41) is 54.0. The van der Waals surface area contributed by atoms with Gasteiger partial charge in [-0.2, -0.15) is 0 Å². The van der Waals surface area contributed by atoms with Crippen LogP contribution in [0.1, 0.15) is 162 Å². The van der Waals surface area contributed by atoms with Crippen LogP contribution in [-0.4, -0.2) is 68.5 Å². The first-order valence-electron chi connectivity index (χ1n) is 19.5. The number of carbonyl (C=O) groups is 1. The summed E-state index contributed by atoms with van der Waals surface area (Å²) in [5.74, 6) is -0.488. The van der Waals surface area contributed by atoms with Crippen molar-refractivity contribution in [1.82, 2.24) is 5.32 Å². The molecule has 0 radical (unpaired) electrons. The van der Waals surface area contributed by atoms with E-state index in [1.807, 2.05) is 24.3 Å². The molecule has 274 valence electrons. The standard InChI is InChI=1S/C40H73NO6/c1-3-5-7-8-9-10-11-12-13-14-15-16-17-18-23-27-37(44)36(32-42)41-40(47)28-24-20-19-22-26-34-35(39(46)31-38(34)45)30-29-33(43)25-21-6-4-2/h19,22-23,27,29-30,33-39,42-46H,3-18,20-21,24-26,28,31-32H2,1-2H3,(H,41,47)/b22-19+,27-23+,30-29+/t33-,34+,35+,36-,37+,38-,39+/m0/s1. The Bertz CT molecular complexity index is 830. The second-order valence-electron chi connectivity index (χ2n) is 14.0. The topological polar surface area (TPSA) is 130 Å². The molecule has 7 atom stereocenters. The summed E-state index contributed by atoms with van der Waals surface area (Å²) in [5.41, 5.74) is 0. The molecule has 0 spiro atoms. The summed E-state index contributed by atoms with van der Waals surface area (Å²) in [6.07, 6.45) is 33.2. The summed E-state index contributed by atoms with van der Waals surface area (Å²) < 4.78 is 0. The van der Waals surface area contributed by atoms with Crippen LogP contribution in [0.15, 0.2) is 36.5 Å². The van der Waals surface area contributed by atoms with E-state index >= 15 is 0 Å². The van der Waals surface area contributed by atoms with Gasteiger partial charge in [-0.25, -0.2) is 0 Å². The quantitative estimate of drug-likeness (QED) is 0.0343. The highest BCUT2D eigenvalue weighted by Crippen LogP contribution is 2.36. The third-order valence-corrected chi connectivity index (χ3v) is 9.69. The predicted octanol–water partition coefficient (Wildman–Crippen LogP) is 7.83. The molecule has 6 N–H and O–H groups in total. The predicted molar refractivity (Wildman–Crippen MR) is 195 cm³/mol. The van der Waals surface area contributed by atoms with Crippen molar-refractivity contribution in [3.8, 4) is 0 Å². The van der Waals surface area contributed by atoms with E-state index in [0.717, 1.165) is 32.1 Å². The molecular formula is C40H73NO6. The van der Waals surface area contributed by atoms with E-state index in [4.69, 9.17) is 0 Å². The van der Waals surface area contributed by atoms with Crippen LogP contribution in [0.5, 0.6) is 0 Å². The Labute approximate surface area is 288 Å². The molecule has 7 heteroatoms. The number of hydrogen-bond donors (Lipinski definition) is 6. The maximum Gasteiger partial charge on any atom is 0.220 e. The molecule has 0 saturated heterocycles. The Morgan fingerprint density at radius 2 is 1.30 bits per heavy atom. The molecule has 0 heterocycles. The minimum Gasteiger partial charge on any atom is -0.394 e. The summed E-state index contributed by atoms with van der Waals surface area (Å²) in [4.78, 5) is 12.4. The van der Waals surface area contributed by atoms with E-state index < -0.39 is 30.5 Å². The van der Waals surface area contributed by atoms with Crippen LogP contribution in [0.4, 0.5) is 0 Å². The van der Waals surface area contributed by atoms with Crippen molar-refractivity contribution in [2.75, 3.05) is 6.61 Å². The average Bonchev–Trinajstić information content (AvgIpc) is 3.33. The Kier molecular flexibility index (Phi) is 27.2. The summed E-state index contributed by atoms with van der Waals surface area (Å²) in [6.45, 7) is 4.07. The molecule has 1 fully saturated rings. The third kappa shape index (κ3) is 22.0. The number of amides is 1. The minimum absolute atomic E-state index is 0.104. The van der Waals surface area contributed by atoms with Gasteiger partial charge in [-0.3, -0.25) is 4.79 Å². The van der Waals surface area contributed by atoms with Gasteiger partial charge < -0.3 is 30.8 Å². The third-order valence-electron chi connectivity index (χ3n) is 9.69. The van der Waals surface area contributed by atoms with Gasteiger partial charge in [0.05, 0.1) is 37.1 Å². The normalized spacial score (nSPS) is 22.1. The van der Waals surface area contributed by atoms with Crippen LogP contribution in [0.2, 0.25) is 0 Å². The zero-order chi connectivity index (χ0) is 34.5. The first-order chi connectivity index (χ1) is 22.8. The zero-order valence-electron chi connectivity index (χ0n) is 30.1. The van der Waals surface area contributed by atoms with Crippen molar-refractivity contribution >= 4 is 5.91 Å². The highest BCUT2D eigenvalue weighted by Gasteiger charge is 2.39. The van der Waals surface area contributed by atoms with Gasteiger partial charge in [0.1, 0.15) is 0 Å². The molecule has 1 saturated carbocycles. The minimum atomic E-state index is -0.918. The van der Waals surface area contributed by atoms with Gasteiger partial charge in [-0.15, -0.1) is 0 Å². The Morgan fingerprint density at radius 1 is 0.723 bits per heavy atom. The van der Waals surface area contributed by atoms with E-state index in [-0.39, 0.29) is 24.3 Å². The summed E-state index contributed by atoms with van der Waals surface area (Å²) in [6, 6.07) is -0.716. The lowest BCUT2D eigenvalue weighted by atomic mass is 9.89. The molecule has 0 aromatic rings. The Balaban J connectivity index is 2.19. The number of allylic oxidation sites excluding steroid dienone is 3. The lowest BCUT2D eigenvalue weighted by Crippen LogP contribution is -2.45. The molecule has 7 nitrogen and oxygen atoms in total. The first-order valence-corrected chi connectivity index (χ1v) is 19.5. The molecule has 1 rings (SSSR count). The smallest absolute Gasteiger partial charge is 0.220 e. The lowest BCUT2D eigenvalue weighted by molar-refractivity contribution is -0.122. The molecular weight excluding hydrogens is 590 g/mol. The van der Waals surface area contributed by atoms with Gasteiger partial charge in [-0.1, -0.05) is 147 Å². The van der Waals surface area contributed by atoms with Gasteiger partial charge in [0.15, 0.2) is 0 Å². The molecule has 47 heavy (non-hydrogen) atoms. The van der Waals surface area contributed by atoms with Gasteiger partial charge in [0.2, 0.25) is 5.91 Å². The number of aliphatic hydroxyl groups is 5. The van der Waals surface area contributed by atoms with Crippen LogP contribution in [-0.2, 0) is 4.79 Å². The molecule has 0 unspecified atom stereocenters. The highest BCUT2D eigenvalue weighted by atomic mass is 16.3. The Hall–Kier alpha value is -1.51. The number of carbonyl (C=O) groups excluding carboxylic acids is 1. The number of nitrogens with one attached hydrogen (secondary N) is 1. The van der Waals surface area contributed by atoms with E-state index in [0.29, 0.717) is 38.5 Å². The van der Waals surface area contributed by atoms with Crippen molar-refractivity contribution in [1.29, 1.82) is 0 Å². The fraction of sp³-hybridized carbons (Fsp3) is 0.825. The van der Waals surface area contributed by atoms with Gasteiger partial charge in [0.25, 0.3) is 0 Å². The fourth-order valence-electron chi connectivity index (χ4n) is 6.58. The second kappa shape index (κ2) is 29.4. The van der Waals surface area contributed by atoms with Crippen LogP contribution < -0.4 is 5.32 Å². The van der Waals surface area contributed by atoms with E-state index in [1.165, 1.54) is 77.0 Å². The number of aliphatic hydroxyl groups excluding tert-OH is 5. The van der Waals surface area contributed by atoms with Gasteiger partial charge in [0, 0.05) is 18.8 Å². The van der Waals surface area contributed by atoms with E-state index in [2.05, 4.69) is 19.2 Å². The van der Waals surface area contributed by atoms with Crippen molar-refractivity contribution in [2.24, 2.45) is 11.8 Å². The molecule has 1 aliphatic carbocycles. The average molecular weight is 664 g/mol. The molecule has 0 aromatic carbocycles. The fourth-order valence-corrected chi connectivity index (χ4v) is 6.58. The van der Waals surface area contributed by atoms with Crippen molar-refractivity contribution in [2.45, 2.75) is 192 Å². The second-order valence-corrected chi connectivity index (χ2v) is 14.0. The number of hydrogen-bond acceptors (Lipinski definition) is 6. The summed E-state index contributed by atoms with van der Waals surface area (Å²) >= 11 is 0. The van der Waals surface area contributed by atoms with Crippen molar-refractivity contribution in [3.05, 3.63) is 36.5 Å². The Morgan fingerprint density at radius 3 is 1.91 bits per heavy atom. The maximum atomic E-state index is 12.4. The molecule has 1 aliphatic rings. The van der Waals surface area contributed by atoms with Crippen LogP contribution >= 0.6 is 0 Å². The van der Waals surface area contributed by atoms with Gasteiger partial charge in [-0.05, 0) is 44.4 Å². The van der Waals surface area contributed by atoms with E-state index in [1.54, 1.807) is 12.2 Å². The molecule has 0 aliphatic heterocycles. The first kappa shape index (κ1) is 43.5. The largest absolute Gasteiger partial charge is 0.394 e. The summed E-state index contributed by atoms with van der Waals surface area (Å²) in [7, 11) is 0. The SMILES string of the molecule is CCCCCCCCCCCCCCC/C=C/[C@@H](O)[C@H](CO)NC(=O)CCC/C=C/C[C@@H]1[C@@H](/C=C/[C@@H](O)CCCCC)[C@H](O)C[C@@H]1O. The van der Waals surface area contributed by atoms with Crippen LogP contribution in [0.3, 0.4) is 0 Å². The maximum absolute atomic E-state index is 12.4. The zero-order valence-corrected chi connectivity index (χ0v) is 30.1. The lowest BCUT2D eigenvalue weighted by Gasteiger charge is -2.20. The highest BCUT2D eigenvalue weighted by molar-refractivity contribution is 5.76. The number of unbranched alkanes of at least 4 members (excludes halogenated alkanes) is 16. The monoisotopic (exact) mass is 664 g/mol. The molecule has 0 aromatic heterocycles. The van der Waals surface area contributed by atoms with E-state index in [9.17, 15) is 30.3 Å². The molecule has 0 bridgehead atoms. The van der Waals surface area contributed by atoms with Crippen LogP contribution in [0.25, 0.3) is 0 Å². The number of rotatable bonds is 30. The van der Waals surface area contributed by atoms with Crippen molar-refractivity contribution in [3.63, 3.8) is 0 Å². The molecule has 1 amide bonds. The van der Waals surface area contributed by atoms with Crippen molar-refractivity contribution < 1.29 is 30.3 Å².